The van der Waals surface area contributed by atoms with Crippen LogP contribution in [0.2, 0.25) is 0 Å². The van der Waals surface area contributed by atoms with Gasteiger partial charge in [0.2, 0.25) is 0 Å². The van der Waals surface area contributed by atoms with Gasteiger partial charge in [-0.15, -0.1) is 0 Å². The van der Waals surface area contributed by atoms with E-state index in [1.807, 2.05) is 6.92 Å². The molecule has 3 heterocycles. The molecule has 366 valence electrons. The van der Waals surface area contributed by atoms with Gasteiger partial charge in [-0.3, -0.25) is 4.79 Å². The number of carboxylic acid groups (broad SMARTS) is 1. The molecule has 0 bridgehead atoms. The Morgan fingerprint density at radius 3 is 2.06 bits per heavy atom. The van der Waals surface area contributed by atoms with Crippen LogP contribution in [0.25, 0.3) is 0 Å². The highest BCUT2D eigenvalue weighted by Crippen LogP contribution is 2.76. The molecule has 0 amide bonds. The van der Waals surface area contributed by atoms with Gasteiger partial charge in [0.1, 0.15) is 61.0 Å². The normalized spacial score (nSPS) is 55.0. The number of carboxylic acids is 1. The van der Waals surface area contributed by atoms with Gasteiger partial charge in [-0.2, -0.15) is 0 Å². The number of aliphatic carboxylic acids is 1. The van der Waals surface area contributed by atoms with Gasteiger partial charge in [-0.1, -0.05) is 53.2 Å². The molecule has 17 heteroatoms. The number of aliphatic hydroxyl groups is 9. The van der Waals surface area contributed by atoms with Gasteiger partial charge < -0.3 is 79.5 Å². The van der Waals surface area contributed by atoms with Crippen molar-refractivity contribution in [3.8, 4) is 0 Å². The number of ether oxygens (including phenoxy) is 6. The molecule has 0 spiro atoms. The van der Waals surface area contributed by atoms with Gasteiger partial charge in [0.15, 0.2) is 18.9 Å². The highest BCUT2D eigenvalue weighted by atomic mass is 16.8. The van der Waals surface area contributed by atoms with Crippen molar-refractivity contribution >= 4 is 5.97 Å². The molecule has 8 aliphatic rings. The summed E-state index contributed by atoms with van der Waals surface area (Å²) in [6, 6.07) is 0. The number of hydrogen-bond donors (Lipinski definition) is 10. The summed E-state index contributed by atoms with van der Waals surface area (Å²) < 4.78 is 36.1. The lowest BCUT2D eigenvalue weighted by atomic mass is 9.33. The van der Waals surface area contributed by atoms with Crippen molar-refractivity contribution < 1.29 is 84.3 Å². The minimum atomic E-state index is -1.82. The van der Waals surface area contributed by atoms with Crippen molar-refractivity contribution in [2.75, 3.05) is 19.8 Å². The van der Waals surface area contributed by atoms with Crippen LogP contribution in [0.15, 0.2) is 11.6 Å². The third kappa shape index (κ3) is 7.49. The minimum Gasteiger partial charge on any atom is -0.481 e. The standard InChI is InChI=1S/C47H76O17/c1-22-30(51)36(63-38-34(55)33(54)32(53)26(19-48)61-38)35(56)39(60-22)64-37-31(52)25(50)20-59-40(37)62-29-11-12-43(4)27(44(29,5)21-49)10-13-46(7)28(43)9-8-23-24-18-42(2,3)14-16-47(24,41(57)58)17-15-45(23,46)6/h8,22,24-40,48-56H,9-21H2,1-7H3,(H,57,58)/t22-,24-,25+,26+,27+,28+,29-,30-,31-,32+,33-,34+,35+,36+,37+,38-,39-,40-,43-,44-,45+,46+,47-/m0/s1. The third-order valence-electron chi connectivity index (χ3n) is 19.1. The van der Waals surface area contributed by atoms with Crippen LogP contribution in [-0.4, -0.2) is 169 Å². The summed E-state index contributed by atoms with van der Waals surface area (Å²) in [6.07, 6.45) is -11.9. The quantitative estimate of drug-likeness (QED) is 0.116. The average molecular weight is 913 g/mol. The Balaban J connectivity index is 1.01. The molecule has 8 rings (SSSR count). The fourth-order valence-corrected chi connectivity index (χ4v) is 14.8. The second-order valence-electron chi connectivity index (χ2n) is 22.9. The van der Waals surface area contributed by atoms with Crippen molar-refractivity contribution in [3.05, 3.63) is 11.6 Å². The Labute approximate surface area is 376 Å². The van der Waals surface area contributed by atoms with Gasteiger partial charge in [0, 0.05) is 5.41 Å². The van der Waals surface area contributed by atoms with E-state index in [1.54, 1.807) is 0 Å². The summed E-state index contributed by atoms with van der Waals surface area (Å²) in [5, 5.41) is 108. The predicted octanol–water partition coefficient (Wildman–Crippen LogP) is 1.35. The smallest absolute Gasteiger partial charge is 0.310 e. The molecule has 0 radical (unpaired) electrons. The summed E-state index contributed by atoms with van der Waals surface area (Å²) in [6.45, 7) is 14.1. The van der Waals surface area contributed by atoms with E-state index in [0.717, 1.165) is 44.9 Å². The first-order valence-corrected chi connectivity index (χ1v) is 23.7. The van der Waals surface area contributed by atoms with E-state index in [-0.39, 0.29) is 52.6 Å². The minimum absolute atomic E-state index is 0.00330. The molecular formula is C47H76O17. The summed E-state index contributed by atoms with van der Waals surface area (Å²) in [5.74, 6) is -0.391. The van der Waals surface area contributed by atoms with E-state index >= 15 is 0 Å². The number of carbonyl (C=O) groups is 1. The lowest BCUT2D eigenvalue weighted by Gasteiger charge is -2.71. The Morgan fingerprint density at radius 1 is 0.719 bits per heavy atom. The van der Waals surface area contributed by atoms with Crippen molar-refractivity contribution in [2.45, 2.75) is 205 Å². The lowest BCUT2D eigenvalue weighted by molar-refractivity contribution is -0.383. The Morgan fingerprint density at radius 2 is 1.39 bits per heavy atom. The first-order chi connectivity index (χ1) is 29.9. The maximum absolute atomic E-state index is 13.1. The van der Waals surface area contributed by atoms with Crippen LogP contribution in [0.5, 0.6) is 0 Å². The average Bonchev–Trinajstić information content (AvgIpc) is 3.24. The van der Waals surface area contributed by atoms with Crippen LogP contribution in [0.1, 0.15) is 113 Å². The van der Waals surface area contributed by atoms with E-state index in [9.17, 15) is 55.9 Å². The summed E-state index contributed by atoms with van der Waals surface area (Å²) in [5.41, 5.74) is -0.609. The zero-order valence-electron chi connectivity index (χ0n) is 38.5. The van der Waals surface area contributed by atoms with E-state index in [2.05, 4.69) is 40.7 Å². The maximum Gasteiger partial charge on any atom is 0.310 e. The molecule has 3 aliphatic heterocycles. The van der Waals surface area contributed by atoms with Gasteiger partial charge in [-0.25, -0.2) is 0 Å². The number of aliphatic hydroxyl groups excluding tert-OH is 9. The zero-order valence-corrected chi connectivity index (χ0v) is 38.5. The van der Waals surface area contributed by atoms with E-state index < -0.39 is 116 Å². The molecule has 0 unspecified atom stereocenters. The fraction of sp³-hybridized carbons (Fsp3) is 0.936. The van der Waals surface area contributed by atoms with E-state index in [4.69, 9.17) is 28.4 Å². The molecule has 4 saturated carbocycles. The predicted molar refractivity (Wildman–Crippen MR) is 225 cm³/mol. The first-order valence-electron chi connectivity index (χ1n) is 23.7. The lowest BCUT2D eigenvalue weighted by Crippen LogP contribution is -2.67. The summed E-state index contributed by atoms with van der Waals surface area (Å²) >= 11 is 0. The molecule has 0 aromatic rings. The molecule has 3 saturated heterocycles. The third-order valence-corrected chi connectivity index (χ3v) is 19.1. The molecule has 23 atom stereocenters. The molecule has 7 fully saturated rings. The van der Waals surface area contributed by atoms with Gasteiger partial charge >= 0.3 is 5.97 Å². The van der Waals surface area contributed by atoms with Gasteiger partial charge in [0.25, 0.3) is 0 Å². The van der Waals surface area contributed by atoms with Crippen molar-refractivity contribution in [2.24, 2.45) is 50.2 Å². The topological polar surface area (TPSA) is 275 Å². The molecular weight excluding hydrogens is 837 g/mol. The highest BCUT2D eigenvalue weighted by molar-refractivity contribution is 5.76. The summed E-state index contributed by atoms with van der Waals surface area (Å²) in [4.78, 5) is 13.1. The number of hydrogen-bond acceptors (Lipinski definition) is 16. The second-order valence-corrected chi connectivity index (χ2v) is 22.9. The Bertz CT molecular complexity index is 1750. The van der Waals surface area contributed by atoms with Crippen molar-refractivity contribution in [1.82, 2.24) is 0 Å². The fourth-order valence-electron chi connectivity index (χ4n) is 14.8. The number of allylic oxidation sites excluding steroid dienone is 2. The molecule has 64 heavy (non-hydrogen) atoms. The molecule has 0 aromatic carbocycles. The van der Waals surface area contributed by atoms with Gasteiger partial charge in [-0.05, 0) is 111 Å². The van der Waals surface area contributed by atoms with Crippen LogP contribution in [0.3, 0.4) is 0 Å². The molecule has 17 nitrogen and oxygen atoms in total. The van der Waals surface area contributed by atoms with Crippen LogP contribution in [-0.2, 0) is 33.2 Å². The molecule has 10 N–H and O–H groups in total. The number of fused-ring (bicyclic) bond motifs is 7. The van der Waals surface area contributed by atoms with Gasteiger partial charge in [0.05, 0.1) is 37.4 Å². The van der Waals surface area contributed by atoms with Crippen molar-refractivity contribution in [3.63, 3.8) is 0 Å². The molecule has 0 aromatic heterocycles. The largest absolute Gasteiger partial charge is 0.481 e. The second kappa shape index (κ2) is 17.2. The van der Waals surface area contributed by atoms with Crippen LogP contribution >= 0.6 is 0 Å². The summed E-state index contributed by atoms with van der Waals surface area (Å²) in [7, 11) is 0. The first kappa shape index (κ1) is 49.0. The van der Waals surface area contributed by atoms with Crippen LogP contribution in [0, 0.1) is 50.2 Å². The Hall–Kier alpha value is -1.39. The van der Waals surface area contributed by atoms with Crippen molar-refractivity contribution in [1.29, 1.82) is 0 Å². The molecule has 5 aliphatic carbocycles. The maximum atomic E-state index is 13.1. The zero-order chi connectivity index (χ0) is 46.7. The monoisotopic (exact) mass is 913 g/mol. The number of rotatable bonds is 9. The highest BCUT2D eigenvalue weighted by Gasteiger charge is 2.70. The van der Waals surface area contributed by atoms with E-state index in [1.165, 1.54) is 12.5 Å². The van der Waals surface area contributed by atoms with Crippen LogP contribution < -0.4 is 0 Å². The van der Waals surface area contributed by atoms with E-state index in [0.29, 0.717) is 19.3 Å². The SMILES string of the molecule is C[C@@H]1O[C@@H](O[C@H]2[C@H](O[C@H]3CC[C@@]4(C)[C@@H](CC[C@]5(C)[C@@H]4CC=C4[C@@H]6CC(C)(C)CC[C@]6(C(=O)O)CC[C@]45C)[C@]3(C)CO)OC[C@@H](O)[C@@H]2O)[C@H](O)[C@H](O[C@@H]2O[C@H](CO)[C@@H](O)[C@H](O)[C@H]2O)[C@H]1O. The Kier molecular flexibility index (Phi) is 13.2. The van der Waals surface area contributed by atoms with Crippen LogP contribution in [0.4, 0.5) is 0 Å².